The van der Waals surface area contributed by atoms with E-state index in [-0.39, 0.29) is 5.56 Å². The molecule has 108 valence electrons. The monoisotopic (exact) mass is 285 g/mol. The lowest BCUT2D eigenvalue weighted by molar-refractivity contribution is 0.112. The van der Waals surface area contributed by atoms with Crippen LogP contribution in [0.15, 0.2) is 24.4 Å². The summed E-state index contributed by atoms with van der Waals surface area (Å²) in [5.74, 6) is -0.0757. The number of carbonyl (C=O) groups excluding carboxylic acids is 1. The van der Waals surface area contributed by atoms with Crippen LogP contribution in [0.2, 0.25) is 0 Å². The summed E-state index contributed by atoms with van der Waals surface area (Å²) in [4.78, 5) is 11.2. The zero-order chi connectivity index (χ0) is 15.4. The second-order valence-electron chi connectivity index (χ2n) is 5.30. The molecule has 1 heterocycles. The van der Waals surface area contributed by atoms with Gasteiger partial charge in [0.1, 0.15) is 17.6 Å². The fourth-order valence-electron chi connectivity index (χ4n) is 2.01. The van der Waals surface area contributed by atoms with Gasteiger partial charge in [0.05, 0.1) is 11.1 Å². The minimum Gasteiger partial charge on any atom is -0.298 e. The van der Waals surface area contributed by atoms with Crippen molar-refractivity contribution in [3.05, 3.63) is 41.3 Å². The fourth-order valence-corrected chi connectivity index (χ4v) is 2.01. The molecule has 0 spiro atoms. The molecule has 0 N–H and O–H groups in total. The van der Waals surface area contributed by atoms with Crippen LogP contribution in [-0.4, -0.2) is 16.1 Å². The topological polar surface area (TPSA) is 58.7 Å². The third-order valence-electron chi connectivity index (χ3n) is 3.22. The van der Waals surface area contributed by atoms with Gasteiger partial charge in [-0.15, -0.1) is 0 Å². The highest BCUT2D eigenvalue weighted by Crippen LogP contribution is 2.23. The number of hydrogen-bond donors (Lipinski definition) is 0. The molecular formula is C16H16FN3O. The van der Waals surface area contributed by atoms with Crippen LogP contribution < -0.4 is 0 Å². The van der Waals surface area contributed by atoms with Gasteiger partial charge in [-0.05, 0) is 24.5 Å². The number of aldehydes is 1. The molecule has 0 atom stereocenters. The van der Waals surface area contributed by atoms with E-state index in [1.165, 1.54) is 12.1 Å². The summed E-state index contributed by atoms with van der Waals surface area (Å²) >= 11 is 0. The maximum Gasteiger partial charge on any atom is 0.153 e. The molecule has 0 radical (unpaired) electrons. The molecule has 0 saturated carbocycles. The predicted molar refractivity (Wildman–Crippen MR) is 77.2 cm³/mol. The molecule has 0 aliphatic carbocycles. The number of benzene rings is 1. The van der Waals surface area contributed by atoms with Gasteiger partial charge in [-0.3, -0.25) is 9.48 Å². The maximum absolute atomic E-state index is 13.7. The number of rotatable bonds is 5. The summed E-state index contributed by atoms with van der Waals surface area (Å²) in [7, 11) is 0. The zero-order valence-corrected chi connectivity index (χ0v) is 12.0. The minimum absolute atomic E-state index is 0.0226. The Hall–Kier alpha value is -2.48. The SMILES string of the molecule is CC(C)CCn1cc(C=O)c(-c2ccc(C#N)c(F)c2)n1. The molecule has 0 bridgehead atoms. The first-order valence-corrected chi connectivity index (χ1v) is 6.77. The van der Waals surface area contributed by atoms with Gasteiger partial charge < -0.3 is 0 Å². The van der Waals surface area contributed by atoms with Crippen LogP contribution in [0.5, 0.6) is 0 Å². The molecule has 1 aromatic heterocycles. The van der Waals surface area contributed by atoms with E-state index in [2.05, 4.69) is 18.9 Å². The van der Waals surface area contributed by atoms with Crippen molar-refractivity contribution in [2.24, 2.45) is 5.92 Å². The van der Waals surface area contributed by atoms with Gasteiger partial charge in [-0.2, -0.15) is 10.4 Å². The van der Waals surface area contributed by atoms with Crippen LogP contribution >= 0.6 is 0 Å². The molecule has 0 amide bonds. The Labute approximate surface area is 122 Å². The number of aryl methyl sites for hydroxylation is 1. The van der Waals surface area contributed by atoms with E-state index in [1.807, 2.05) is 0 Å². The lowest BCUT2D eigenvalue weighted by Gasteiger charge is -2.04. The third-order valence-corrected chi connectivity index (χ3v) is 3.22. The van der Waals surface area contributed by atoms with Crippen molar-refractivity contribution in [2.75, 3.05) is 0 Å². The molecule has 21 heavy (non-hydrogen) atoms. The van der Waals surface area contributed by atoms with Gasteiger partial charge in [0.25, 0.3) is 0 Å². The summed E-state index contributed by atoms with van der Waals surface area (Å²) < 4.78 is 15.4. The van der Waals surface area contributed by atoms with E-state index < -0.39 is 5.82 Å². The predicted octanol–water partition coefficient (Wildman–Crippen LogP) is 3.42. The quantitative estimate of drug-likeness (QED) is 0.791. The number of halogens is 1. The molecule has 0 unspecified atom stereocenters. The van der Waals surface area contributed by atoms with Crippen molar-refractivity contribution in [2.45, 2.75) is 26.8 Å². The van der Waals surface area contributed by atoms with Gasteiger partial charge >= 0.3 is 0 Å². The second-order valence-corrected chi connectivity index (χ2v) is 5.30. The summed E-state index contributed by atoms with van der Waals surface area (Å²) in [5.41, 5.74) is 1.34. The first-order valence-electron chi connectivity index (χ1n) is 6.77. The van der Waals surface area contributed by atoms with E-state index in [0.29, 0.717) is 35.6 Å². The lowest BCUT2D eigenvalue weighted by atomic mass is 10.1. The molecule has 4 nitrogen and oxygen atoms in total. The Kier molecular flexibility index (Phi) is 4.49. The Morgan fingerprint density at radius 3 is 2.81 bits per heavy atom. The molecule has 5 heteroatoms. The summed E-state index contributed by atoms with van der Waals surface area (Å²) in [5, 5.41) is 13.1. The first-order chi connectivity index (χ1) is 10.0. The highest BCUT2D eigenvalue weighted by Gasteiger charge is 2.13. The van der Waals surface area contributed by atoms with Gasteiger partial charge in [-0.1, -0.05) is 19.9 Å². The second kappa shape index (κ2) is 6.31. The number of aromatic nitrogens is 2. The number of nitrogens with zero attached hydrogens (tertiary/aromatic N) is 3. The minimum atomic E-state index is -0.608. The third kappa shape index (κ3) is 3.34. The lowest BCUT2D eigenvalue weighted by Crippen LogP contribution is -2.02. The van der Waals surface area contributed by atoms with Gasteiger partial charge in [0, 0.05) is 18.3 Å². The highest BCUT2D eigenvalue weighted by molar-refractivity contribution is 5.85. The zero-order valence-electron chi connectivity index (χ0n) is 12.0. The first kappa shape index (κ1) is 14.9. The molecule has 0 saturated heterocycles. The molecule has 0 aliphatic heterocycles. The van der Waals surface area contributed by atoms with E-state index >= 15 is 0 Å². The van der Waals surface area contributed by atoms with Crippen LogP contribution in [0.3, 0.4) is 0 Å². The van der Waals surface area contributed by atoms with E-state index in [0.717, 1.165) is 6.42 Å². The number of nitriles is 1. The van der Waals surface area contributed by atoms with Gasteiger partial charge in [-0.25, -0.2) is 4.39 Å². The van der Waals surface area contributed by atoms with Crippen molar-refractivity contribution >= 4 is 6.29 Å². The summed E-state index contributed by atoms with van der Waals surface area (Å²) in [6.45, 7) is 4.93. The van der Waals surface area contributed by atoms with E-state index in [9.17, 15) is 9.18 Å². The van der Waals surface area contributed by atoms with Crippen LogP contribution in [-0.2, 0) is 6.54 Å². The van der Waals surface area contributed by atoms with Crippen molar-refractivity contribution in [3.63, 3.8) is 0 Å². The van der Waals surface area contributed by atoms with Crippen molar-refractivity contribution < 1.29 is 9.18 Å². The van der Waals surface area contributed by atoms with Crippen LogP contribution in [0.1, 0.15) is 36.2 Å². The molecular weight excluding hydrogens is 269 g/mol. The average Bonchev–Trinajstić information content (AvgIpc) is 2.88. The van der Waals surface area contributed by atoms with Crippen LogP contribution in [0.25, 0.3) is 11.3 Å². The molecule has 2 aromatic rings. The van der Waals surface area contributed by atoms with Crippen molar-refractivity contribution in [1.82, 2.24) is 9.78 Å². The molecule has 2 rings (SSSR count). The standard InChI is InChI=1S/C16H16FN3O/c1-11(2)5-6-20-9-14(10-21)16(19-20)12-3-4-13(8-18)15(17)7-12/h3-4,7,9-11H,5-6H2,1-2H3. The molecule has 0 aliphatic rings. The normalized spacial score (nSPS) is 10.6. The van der Waals surface area contributed by atoms with Crippen LogP contribution in [0.4, 0.5) is 4.39 Å². The largest absolute Gasteiger partial charge is 0.298 e. The maximum atomic E-state index is 13.7. The Morgan fingerprint density at radius 2 is 2.24 bits per heavy atom. The van der Waals surface area contributed by atoms with E-state index in [1.54, 1.807) is 23.0 Å². The van der Waals surface area contributed by atoms with Gasteiger partial charge in [0.15, 0.2) is 6.29 Å². The van der Waals surface area contributed by atoms with Crippen molar-refractivity contribution in [3.8, 4) is 17.3 Å². The summed E-state index contributed by atoms with van der Waals surface area (Å²) in [6, 6.07) is 6.00. The van der Waals surface area contributed by atoms with Crippen LogP contribution in [0, 0.1) is 23.1 Å². The van der Waals surface area contributed by atoms with Crippen molar-refractivity contribution in [1.29, 1.82) is 5.26 Å². The van der Waals surface area contributed by atoms with E-state index in [4.69, 9.17) is 5.26 Å². The highest BCUT2D eigenvalue weighted by atomic mass is 19.1. The molecule has 1 aromatic carbocycles. The number of carbonyl (C=O) groups is 1. The van der Waals surface area contributed by atoms with Gasteiger partial charge in [0.2, 0.25) is 0 Å². The molecule has 0 fully saturated rings. The Balaban J connectivity index is 2.36. The smallest absolute Gasteiger partial charge is 0.153 e. The number of hydrogen-bond acceptors (Lipinski definition) is 3. The summed E-state index contributed by atoms with van der Waals surface area (Å²) in [6.07, 6.45) is 3.33. The Bertz CT molecular complexity index is 698. The Morgan fingerprint density at radius 1 is 1.48 bits per heavy atom. The fraction of sp³-hybridized carbons (Fsp3) is 0.312. The average molecular weight is 285 g/mol.